The normalized spacial score (nSPS) is 33.0. The maximum Gasteiger partial charge on any atom is 0.280 e. The summed E-state index contributed by atoms with van der Waals surface area (Å²) in [5, 5.41) is 17.6. The minimum atomic E-state index is -1.41. The van der Waals surface area contributed by atoms with Gasteiger partial charge in [-0.05, 0) is 6.42 Å². The molecule has 1 rings (SSSR count). The lowest BCUT2D eigenvalue weighted by molar-refractivity contribution is -0.340. The summed E-state index contributed by atoms with van der Waals surface area (Å²) in [7, 11) is 0. The van der Waals surface area contributed by atoms with Gasteiger partial charge in [0.25, 0.3) is 5.97 Å². The predicted molar refractivity (Wildman–Crippen MR) is 33.2 cm³/mol. The van der Waals surface area contributed by atoms with Crippen LogP contribution in [0.1, 0.15) is 12.8 Å². The van der Waals surface area contributed by atoms with Gasteiger partial charge in [0, 0.05) is 6.42 Å². The highest BCUT2D eigenvalue weighted by atomic mass is 16.8. The van der Waals surface area contributed by atoms with E-state index in [1.54, 1.807) is 0 Å². The highest BCUT2D eigenvalue weighted by Gasteiger charge is 2.33. The first kappa shape index (κ1) is 7.94. The number of aliphatic hydroxyl groups excluding tert-OH is 1. The van der Waals surface area contributed by atoms with E-state index in [4.69, 9.17) is 14.6 Å². The largest absolute Gasteiger partial charge is 0.394 e. The van der Waals surface area contributed by atoms with Crippen molar-refractivity contribution in [1.82, 2.24) is 0 Å². The van der Waals surface area contributed by atoms with Gasteiger partial charge in [0.1, 0.15) is 0 Å². The van der Waals surface area contributed by atoms with E-state index in [1.165, 1.54) is 0 Å². The molecule has 0 aliphatic carbocycles. The molecule has 1 aliphatic rings. The van der Waals surface area contributed by atoms with Gasteiger partial charge in [-0.1, -0.05) is 0 Å². The minimum absolute atomic E-state index is 0.0916. The lowest BCUT2D eigenvalue weighted by atomic mass is 10.3. The highest BCUT2D eigenvalue weighted by Crippen LogP contribution is 2.23. The molecule has 4 heteroatoms. The second kappa shape index (κ2) is 3.30. The zero-order chi connectivity index (χ0) is 7.45. The van der Waals surface area contributed by atoms with Crippen LogP contribution >= 0.6 is 0 Å². The van der Waals surface area contributed by atoms with E-state index in [-0.39, 0.29) is 13.2 Å². The zero-order valence-corrected chi connectivity index (χ0v) is 5.75. The standard InChI is InChI=1S/C6H12O4/c7-3-5-10-6(8)2-1-4-9-6/h7-8H,1-5H2. The fraction of sp³-hybridized carbons (Fsp3) is 1.00. The van der Waals surface area contributed by atoms with E-state index in [2.05, 4.69) is 0 Å². The van der Waals surface area contributed by atoms with Crippen LogP contribution in [0.3, 0.4) is 0 Å². The topological polar surface area (TPSA) is 58.9 Å². The van der Waals surface area contributed by atoms with Gasteiger partial charge >= 0.3 is 0 Å². The first-order chi connectivity index (χ1) is 4.77. The maximum atomic E-state index is 9.27. The Kier molecular flexibility index (Phi) is 2.62. The summed E-state index contributed by atoms with van der Waals surface area (Å²) in [6, 6.07) is 0. The molecule has 1 heterocycles. The average molecular weight is 148 g/mol. The molecular weight excluding hydrogens is 136 g/mol. The van der Waals surface area contributed by atoms with Crippen LogP contribution in [0.4, 0.5) is 0 Å². The monoisotopic (exact) mass is 148 g/mol. The summed E-state index contributed by atoms with van der Waals surface area (Å²) in [4.78, 5) is 0. The van der Waals surface area contributed by atoms with Gasteiger partial charge in [0.15, 0.2) is 0 Å². The average Bonchev–Trinajstić information content (AvgIpc) is 2.33. The maximum absolute atomic E-state index is 9.27. The van der Waals surface area contributed by atoms with Crippen LogP contribution in [0.15, 0.2) is 0 Å². The Hall–Kier alpha value is -0.160. The molecule has 60 valence electrons. The third-order valence-corrected chi connectivity index (χ3v) is 1.38. The summed E-state index contributed by atoms with van der Waals surface area (Å²) in [5.74, 6) is -1.41. The van der Waals surface area contributed by atoms with E-state index >= 15 is 0 Å². The fourth-order valence-corrected chi connectivity index (χ4v) is 0.918. The lowest BCUT2D eigenvalue weighted by Crippen LogP contribution is -2.31. The molecule has 0 spiro atoms. The fourth-order valence-electron chi connectivity index (χ4n) is 0.918. The van der Waals surface area contributed by atoms with Crippen molar-refractivity contribution < 1.29 is 19.7 Å². The van der Waals surface area contributed by atoms with E-state index in [1.807, 2.05) is 0 Å². The molecule has 2 N–H and O–H groups in total. The molecule has 0 aromatic heterocycles. The van der Waals surface area contributed by atoms with Crippen LogP contribution in [0, 0.1) is 0 Å². The molecule has 1 atom stereocenters. The molecule has 1 unspecified atom stereocenters. The Labute approximate surface area is 59.4 Å². The highest BCUT2D eigenvalue weighted by molar-refractivity contribution is 4.61. The lowest BCUT2D eigenvalue weighted by Gasteiger charge is -2.20. The molecule has 0 saturated carbocycles. The number of hydrogen-bond donors (Lipinski definition) is 2. The number of rotatable bonds is 3. The van der Waals surface area contributed by atoms with Gasteiger partial charge in [-0.3, -0.25) is 0 Å². The first-order valence-electron chi connectivity index (χ1n) is 3.38. The van der Waals surface area contributed by atoms with Gasteiger partial charge in [0.05, 0.1) is 19.8 Å². The molecular formula is C6H12O4. The number of aliphatic hydroxyl groups is 2. The van der Waals surface area contributed by atoms with E-state index in [0.717, 1.165) is 6.42 Å². The Balaban J connectivity index is 2.22. The smallest absolute Gasteiger partial charge is 0.280 e. The Morgan fingerprint density at radius 2 is 2.40 bits per heavy atom. The summed E-state index contributed by atoms with van der Waals surface area (Å²) in [6.07, 6.45) is 1.30. The van der Waals surface area contributed by atoms with Crippen molar-refractivity contribution in [1.29, 1.82) is 0 Å². The Morgan fingerprint density at radius 3 is 2.90 bits per heavy atom. The predicted octanol–water partition coefficient (Wildman–Crippen LogP) is -0.548. The second-order valence-electron chi connectivity index (χ2n) is 2.24. The summed E-state index contributed by atoms with van der Waals surface area (Å²) >= 11 is 0. The molecule has 0 aromatic rings. The molecule has 1 saturated heterocycles. The molecule has 0 aromatic carbocycles. The Bertz CT molecular complexity index is 97.9. The zero-order valence-electron chi connectivity index (χ0n) is 5.75. The number of hydrogen-bond acceptors (Lipinski definition) is 4. The molecule has 4 nitrogen and oxygen atoms in total. The molecule has 0 bridgehead atoms. The van der Waals surface area contributed by atoms with Gasteiger partial charge in [-0.25, -0.2) is 0 Å². The number of ether oxygens (including phenoxy) is 2. The van der Waals surface area contributed by atoms with Crippen LogP contribution in [0.5, 0.6) is 0 Å². The quantitative estimate of drug-likeness (QED) is 0.527. The molecule has 0 amide bonds. The van der Waals surface area contributed by atoms with E-state index in [9.17, 15) is 5.11 Å². The van der Waals surface area contributed by atoms with Crippen molar-refractivity contribution >= 4 is 0 Å². The SMILES string of the molecule is OCCOC1(O)CCCO1. The molecule has 0 radical (unpaired) electrons. The van der Waals surface area contributed by atoms with Crippen molar-refractivity contribution in [3.8, 4) is 0 Å². The van der Waals surface area contributed by atoms with Crippen molar-refractivity contribution in [2.45, 2.75) is 18.8 Å². The first-order valence-corrected chi connectivity index (χ1v) is 3.38. The van der Waals surface area contributed by atoms with Crippen molar-refractivity contribution in [3.63, 3.8) is 0 Å². The van der Waals surface area contributed by atoms with Gasteiger partial charge in [-0.2, -0.15) is 0 Å². The van der Waals surface area contributed by atoms with E-state index < -0.39 is 5.97 Å². The molecule has 1 aliphatic heterocycles. The third-order valence-electron chi connectivity index (χ3n) is 1.38. The van der Waals surface area contributed by atoms with Crippen LogP contribution in [-0.4, -0.2) is 36.0 Å². The minimum Gasteiger partial charge on any atom is -0.394 e. The van der Waals surface area contributed by atoms with Gasteiger partial charge in [0.2, 0.25) is 0 Å². The van der Waals surface area contributed by atoms with Crippen LogP contribution in [0.2, 0.25) is 0 Å². The Morgan fingerprint density at radius 1 is 1.60 bits per heavy atom. The van der Waals surface area contributed by atoms with Crippen LogP contribution in [-0.2, 0) is 9.47 Å². The third kappa shape index (κ3) is 1.91. The summed E-state index contributed by atoms with van der Waals surface area (Å²) < 4.78 is 9.69. The summed E-state index contributed by atoms with van der Waals surface area (Å²) in [5.41, 5.74) is 0. The summed E-state index contributed by atoms with van der Waals surface area (Å²) in [6.45, 7) is 0.560. The van der Waals surface area contributed by atoms with Crippen molar-refractivity contribution in [3.05, 3.63) is 0 Å². The second-order valence-corrected chi connectivity index (χ2v) is 2.24. The van der Waals surface area contributed by atoms with Crippen LogP contribution < -0.4 is 0 Å². The van der Waals surface area contributed by atoms with E-state index in [0.29, 0.717) is 13.0 Å². The molecule has 10 heavy (non-hydrogen) atoms. The molecule has 1 fully saturated rings. The van der Waals surface area contributed by atoms with Crippen molar-refractivity contribution in [2.75, 3.05) is 19.8 Å². The van der Waals surface area contributed by atoms with Crippen molar-refractivity contribution in [2.24, 2.45) is 0 Å². The van der Waals surface area contributed by atoms with Gasteiger partial charge in [-0.15, -0.1) is 0 Å². The van der Waals surface area contributed by atoms with Gasteiger partial charge < -0.3 is 19.7 Å². The van der Waals surface area contributed by atoms with Crippen LogP contribution in [0.25, 0.3) is 0 Å².